The molecule has 0 aliphatic heterocycles. The molecule has 1 aromatic carbocycles. The van der Waals surface area contributed by atoms with Crippen LogP contribution in [0.4, 0.5) is 0 Å². The van der Waals surface area contributed by atoms with Gasteiger partial charge in [-0.05, 0) is 29.0 Å². The molecule has 2 nitrogen and oxygen atoms in total. The predicted molar refractivity (Wildman–Crippen MR) is 69.1 cm³/mol. The molecule has 2 aromatic rings. The molecule has 1 heterocycles. The summed E-state index contributed by atoms with van der Waals surface area (Å²) in [5.41, 5.74) is 2.50. The smallest absolute Gasteiger partial charge is 0.228 e. The van der Waals surface area contributed by atoms with Crippen LogP contribution in [0.2, 0.25) is 0 Å². The van der Waals surface area contributed by atoms with Gasteiger partial charge in [-0.2, -0.15) is 0 Å². The summed E-state index contributed by atoms with van der Waals surface area (Å²) in [5, 5.41) is 5.03. The zero-order valence-electron chi connectivity index (χ0n) is 9.35. The molecule has 0 fully saturated rings. The molecule has 0 spiro atoms. The van der Waals surface area contributed by atoms with Gasteiger partial charge in [-0.25, -0.2) is 0 Å². The third kappa shape index (κ3) is 1.98. The molecule has 3 heteroatoms. The summed E-state index contributed by atoms with van der Waals surface area (Å²) in [4.78, 5) is 13.2. The minimum Gasteiger partial charge on any atom is -0.351 e. The van der Waals surface area contributed by atoms with Gasteiger partial charge in [0.2, 0.25) is 5.91 Å². The van der Waals surface area contributed by atoms with Gasteiger partial charge in [0.05, 0.1) is 12.5 Å². The standard InChI is InChI=1S/C14H13NOS/c16-14(15-9-11-5-3-7-17-11)13-8-10-4-1-2-6-12(10)13/h1-7,13H,8-9H2,(H,15,16). The first-order valence-corrected chi connectivity index (χ1v) is 6.60. The van der Waals surface area contributed by atoms with Gasteiger partial charge in [0.15, 0.2) is 0 Å². The number of rotatable bonds is 3. The Morgan fingerprint density at radius 3 is 2.94 bits per heavy atom. The Bertz CT molecular complexity index is 533. The molecule has 17 heavy (non-hydrogen) atoms. The van der Waals surface area contributed by atoms with Crippen LogP contribution in [0.1, 0.15) is 21.9 Å². The molecule has 86 valence electrons. The zero-order valence-corrected chi connectivity index (χ0v) is 10.2. The van der Waals surface area contributed by atoms with Crippen molar-refractivity contribution in [3.05, 3.63) is 57.8 Å². The van der Waals surface area contributed by atoms with Crippen LogP contribution in [0, 0.1) is 0 Å². The molecule has 0 saturated carbocycles. The normalized spacial score (nSPS) is 17.1. The average molecular weight is 243 g/mol. The number of benzene rings is 1. The van der Waals surface area contributed by atoms with Gasteiger partial charge in [-0.15, -0.1) is 11.3 Å². The van der Waals surface area contributed by atoms with Gasteiger partial charge >= 0.3 is 0 Å². The van der Waals surface area contributed by atoms with Crippen LogP contribution in [0.5, 0.6) is 0 Å². The Balaban J connectivity index is 1.62. The highest BCUT2D eigenvalue weighted by atomic mass is 32.1. The monoisotopic (exact) mass is 243 g/mol. The summed E-state index contributed by atoms with van der Waals surface area (Å²) in [5.74, 6) is 0.211. The van der Waals surface area contributed by atoms with Crippen molar-refractivity contribution in [2.45, 2.75) is 18.9 Å². The fourth-order valence-electron chi connectivity index (χ4n) is 2.20. The molecular formula is C14H13NOS. The Hall–Kier alpha value is -1.61. The number of carbonyl (C=O) groups is 1. The first-order valence-electron chi connectivity index (χ1n) is 5.72. The summed E-state index contributed by atoms with van der Waals surface area (Å²) in [6.45, 7) is 0.648. The van der Waals surface area contributed by atoms with Crippen molar-refractivity contribution in [1.82, 2.24) is 5.32 Å². The van der Waals surface area contributed by atoms with Gasteiger partial charge < -0.3 is 5.32 Å². The molecule has 1 N–H and O–H groups in total. The van der Waals surface area contributed by atoms with Crippen LogP contribution in [0.25, 0.3) is 0 Å². The van der Waals surface area contributed by atoms with Crippen molar-refractivity contribution in [3.8, 4) is 0 Å². The fraction of sp³-hybridized carbons (Fsp3) is 0.214. The number of carbonyl (C=O) groups excluding carboxylic acids is 1. The van der Waals surface area contributed by atoms with Crippen molar-refractivity contribution in [2.75, 3.05) is 0 Å². The average Bonchev–Trinajstić information content (AvgIpc) is 2.81. The van der Waals surface area contributed by atoms with Crippen LogP contribution in [0.15, 0.2) is 41.8 Å². The van der Waals surface area contributed by atoms with Crippen LogP contribution in [-0.4, -0.2) is 5.91 Å². The van der Waals surface area contributed by atoms with Gasteiger partial charge in [0.1, 0.15) is 0 Å². The molecule has 1 amide bonds. The Kier molecular flexibility index (Phi) is 2.69. The van der Waals surface area contributed by atoms with Crippen LogP contribution in [0.3, 0.4) is 0 Å². The third-order valence-electron chi connectivity index (χ3n) is 3.19. The number of fused-ring (bicyclic) bond motifs is 1. The summed E-state index contributed by atoms with van der Waals surface area (Å²) in [7, 11) is 0. The molecule has 0 radical (unpaired) electrons. The maximum absolute atomic E-state index is 12.0. The molecule has 1 aliphatic rings. The van der Waals surface area contributed by atoms with E-state index in [1.807, 2.05) is 35.7 Å². The molecule has 1 atom stereocenters. The van der Waals surface area contributed by atoms with Crippen molar-refractivity contribution in [1.29, 1.82) is 0 Å². The van der Waals surface area contributed by atoms with Gasteiger partial charge in [0.25, 0.3) is 0 Å². The second kappa shape index (κ2) is 4.34. The first kappa shape index (κ1) is 10.5. The summed E-state index contributed by atoms with van der Waals surface area (Å²) < 4.78 is 0. The number of thiophene rings is 1. The topological polar surface area (TPSA) is 29.1 Å². The van der Waals surface area contributed by atoms with Gasteiger partial charge in [0, 0.05) is 4.88 Å². The predicted octanol–water partition coefficient (Wildman–Crippen LogP) is 2.70. The fourth-order valence-corrected chi connectivity index (χ4v) is 2.85. The van der Waals surface area contributed by atoms with E-state index in [-0.39, 0.29) is 11.8 Å². The van der Waals surface area contributed by atoms with Gasteiger partial charge in [-0.1, -0.05) is 30.3 Å². The number of hydrogen-bond donors (Lipinski definition) is 1. The Morgan fingerprint density at radius 2 is 2.18 bits per heavy atom. The lowest BCUT2D eigenvalue weighted by atomic mass is 9.77. The van der Waals surface area contributed by atoms with Crippen molar-refractivity contribution in [3.63, 3.8) is 0 Å². The maximum Gasteiger partial charge on any atom is 0.228 e. The molecule has 1 unspecified atom stereocenters. The lowest BCUT2D eigenvalue weighted by Crippen LogP contribution is -2.34. The second-order valence-electron chi connectivity index (χ2n) is 4.25. The summed E-state index contributed by atoms with van der Waals surface area (Å²) >= 11 is 1.67. The highest BCUT2D eigenvalue weighted by Crippen LogP contribution is 2.34. The van der Waals surface area contributed by atoms with Crippen molar-refractivity contribution >= 4 is 17.2 Å². The largest absolute Gasteiger partial charge is 0.351 e. The van der Waals surface area contributed by atoms with E-state index in [0.29, 0.717) is 6.54 Å². The molecular weight excluding hydrogens is 230 g/mol. The number of hydrogen-bond acceptors (Lipinski definition) is 2. The van der Waals surface area contributed by atoms with E-state index >= 15 is 0 Å². The first-order chi connectivity index (χ1) is 8.34. The van der Waals surface area contributed by atoms with E-state index in [1.165, 1.54) is 16.0 Å². The minimum atomic E-state index is 0.0613. The van der Waals surface area contributed by atoms with E-state index in [1.54, 1.807) is 11.3 Å². The van der Waals surface area contributed by atoms with E-state index in [4.69, 9.17) is 0 Å². The third-order valence-corrected chi connectivity index (χ3v) is 4.06. The summed E-state index contributed by atoms with van der Waals surface area (Å²) in [6, 6.07) is 12.2. The van der Waals surface area contributed by atoms with E-state index in [0.717, 1.165) is 6.42 Å². The number of amides is 1. The van der Waals surface area contributed by atoms with E-state index < -0.39 is 0 Å². The SMILES string of the molecule is O=C(NCc1cccs1)C1Cc2ccccc21. The van der Waals surface area contributed by atoms with Crippen LogP contribution in [-0.2, 0) is 17.8 Å². The number of nitrogens with one attached hydrogen (secondary N) is 1. The minimum absolute atomic E-state index is 0.0613. The van der Waals surface area contributed by atoms with Crippen LogP contribution < -0.4 is 5.32 Å². The summed E-state index contributed by atoms with van der Waals surface area (Å²) in [6.07, 6.45) is 0.881. The van der Waals surface area contributed by atoms with Crippen molar-refractivity contribution in [2.24, 2.45) is 0 Å². The van der Waals surface area contributed by atoms with Gasteiger partial charge in [-0.3, -0.25) is 4.79 Å². The lowest BCUT2D eigenvalue weighted by molar-refractivity contribution is -0.123. The van der Waals surface area contributed by atoms with Crippen molar-refractivity contribution < 1.29 is 4.79 Å². The maximum atomic E-state index is 12.0. The Labute approximate surface area is 104 Å². The van der Waals surface area contributed by atoms with E-state index in [2.05, 4.69) is 11.4 Å². The van der Waals surface area contributed by atoms with E-state index in [9.17, 15) is 4.79 Å². The molecule has 0 saturated heterocycles. The van der Waals surface area contributed by atoms with Crippen LogP contribution >= 0.6 is 11.3 Å². The zero-order chi connectivity index (χ0) is 11.7. The highest BCUT2D eigenvalue weighted by molar-refractivity contribution is 7.09. The lowest BCUT2D eigenvalue weighted by Gasteiger charge is -2.28. The quantitative estimate of drug-likeness (QED) is 0.882. The molecule has 1 aliphatic carbocycles. The highest BCUT2D eigenvalue weighted by Gasteiger charge is 2.31. The second-order valence-corrected chi connectivity index (χ2v) is 5.28. The molecule has 3 rings (SSSR count). The molecule has 1 aromatic heterocycles. The Morgan fingerprint density at radius 1 is 1.29 bits per heavy atom. The molecule has 0 bridgehead atoms.